The molecule has 0 aliphatic carbocycles. The molecule has 41 heavy (non-hydrogen) atoms. The molecule has 0 saturated heterocycles. The summed E-state index contributed by atoms with van der Waals surface area (Å²) in [6, 6.07) is 44.9. The zero-order chi connectivity index (χ0) is 28.3. The first-order valence-corrected chi connectivity index (χ1v) is 14.0. The van der Waals surface area contributed by atoms with E-state index >= 15 is 0 Å². The smallest absolute Gasteiger partial charge is 0.0466 e. The zero-order valence-electron chi connectivity index (χ0n) is 23.7. The molecule has 0 bridgehead atoms. The van der Waals surface area contributed by atoms with Crippen molar-refractivity contribution in [2.24, 2.45) is 0 Å². The third kappa shape index (κ3) is 7.94. The molecule has 0 saturated carbocycles. The molecule has 0 unspecified atom stereocenters. The second-order valence-electron chi connectivity index (χ2n) is 10.1. The molecular weight excluding hydrogens is 494 g/mol. The fraction of sp³-hybridized carbons (Fsp3) is 0.0500. The second kappa shape index (κ2) is 13.8. The van der Waals surface area contributed by atoms with Gasteiger partial charge in [0, 0.05) is 17.1 Å². The van der Waals surface area contributed by atoms with Crippen LogP contribution in [0.4, 0.5) is 17.1 Å². The van der Waals surface area contributed by atoms with Gasteiger partial charge in [-0.3, -0.25) is 0 Å². The van der Waals surface area contributed by atoms with E-state index in [0.29, 0.717) is 0 Å². The highest BCUT2D eigenvalue weighted by atomic mass is 15.1. The average Bonchev–Trinajstić information content (AvgIpc) is 3.00. The van der Waals surface area contributed by atoms with Gasteiger partial charge in [-0.1, -0.05) is 140 Å². The van der Waals surface area contributed by atoms with E-state index in [1.807, 2.05) is 12.1 Å². The number of hydrogen-bond acceptors (Lipinski definition) is 1. The topological polar surface area (TPSA) is 3.24 Å². The number of anilines is 3. The van der Waals surface area contributed by atoms with Crippen LogP contribution >= 0.6 is 0 Å². The average molecular weight is 530 g/mol. The SMILES string of the molecule is Cc1cc(C)cc(N(c2ccc(/C=C/C=C/c3ccccc3)cc2)c2ccc(/C=C/C=C/c3ccccc3)cc2)c1. The molecule has 0 amide bonds. The van der Waals surface area contributed by atoms with Crippen LogP contribution in [0.1, 0.15) is 33.4 Å². The van der Waals surface area contributed by atoms with Crippen molar-refractivity contribution >= 4 is 41.4 Å². The third-order valence-electron chi connectivity index (χ3n) is 6.74. The molecule has 5 rings (SSSR count). The minimum absolute atomic E-state index is 1.13. The van der Waals surface area contributed by atoms with Gasteiger partial charge < -0.3 is 4.90 Å². The van der Waals surface area contributed by atoms with Gasteiger partial charge >= 0.3 is 0 Å². The molecule has 1 heteroatoms. The van der Waals surface area contributed by atoms with Crippen molar-refractivity contribution in [1.29, 1.82) is 0 Å². The first-order chi connectivity index (χ1) is 20.1. The Balaban J connectivity index is 1.36. The molecule has 0 fully saturated rings. The van der Waals surface area contributed by atoms with Crippen LogP contribution in [0.2, 0.25) is 0 Å². The number of aryl methyl sites for hydroxylation is 2. The lowest BCUT2D eigenvalue weighted by molar-refractivity contribution is 1.25. The van der Waals surface area contributed by atoms with Crippen molar-refractivity contribution < 1.29 is 0 Å². The summed E-state index contributed by atoms with van der Waals surface area (Å²) in [4.78, 5) is 2.32. The van der Waals surface area contributed by atoms with E-state index < -0.39 is 0 Å². The first-order valence-electron chi connectivity index (χ1n) is 14.0. The molecule has 0 heterocycles. The summed E-state index contributed by atoms with van der Waals surface area (Å²) in [5.41, 5.74) is 10.6. The predicted molar refractivity (Wildman–Crippen MR) is 180 cm³/mol. The van der Waals surface area contributed by atoms with Crippen LogP contribution < -0.4 is 4.90 Å². The van der Waals surface area contributed by atoms with E-state index in [0.717, 1.165) is 28.2 Å². The fourth-order valence-electron chi connectivity index (χ4n) is 4.79. The largest absolute Gasteiger partial charge is 0.310 e. The summed E-state index contributed by atoms with van der Waals surface area (Å²) >= 11 is 0. The monoisotopic (exact) mass is 529 g/mol. The molecule has 0 aliphatic heterocycles. The number of nitrogens with zero attached hydrogens (tertiary/aromatic N) is 1. The van der Waals surface area contributed by atoms with Gasteiger partial charge in [-0.05, 0) is 83.6 Å². The Morgan fingerprint density at radius 3 is 1.07 bits per heavy atom. The molecule has 0 spiro atoms. The summed E-state index contributed by atoms with van der Waals surface area (Å²) in [5.74, 6) is 0. The Kier molecular flexibility index (Phi) is 9.22. The lowest BCUT2D eigenvalue weighted by Crippen LogP contribution is -2.10. The molecule has 1 nitrogen and oxygen atoms in total. The van der Waals surface area contributed by atoms with Gasteiger partial charge in [-0.2, -0.15) is 0 Å². The van der Waals surface area contributed by atoms with Gasteiger partial charge in [0.15, 0.2) is 0 Å². The Labute approximate surface area is 244 Å². The lowest BCUT2D eigenvalue weighted by atomic mass is 10.1. The van der Waals surface area contributed by atoms with E-state index in [2.05, 4.69) is 183 Å². The summed E-state index contributed by atoms with van der Waals surface area (Å²) in [5, 5.41) is 0. The van der Waals surface area contributed by atoms with Crippen molar-refractivity contribution in [3.05, 3.63) is 185 Å². The van der Waals surface area contributed by atoms with Crippen molar-refractivity contribution in [3.8, 4) is 0 Å². The summed E-state index contributed by atoms with van der Waals surface area (Å²) in [6.07, 6.45) is 16.8. The third-order valence-corrected chi connectivity index (χ3v) is 6.74. The quantitative estimate of drug-likeness (QED) is 0.172. The highest BCUT2D eigenvalue weighted by Gasteiger charge is 2.13. The molecule has 0 atom stereocenters. The van der Waals surface area contributed by atoms with Gasteiger partial charge in [-0.25, -0.2) is 0 Å². The normalized spacial score (nSPS) is 11.8. The van der Waals surface area contributed by atoms with Gasteiger partial charge in [0.1, 0.15) is 0 Å². The minimum Gasteiger partial charge on any atom is -0.310 e. The molecule has 5 aromatic carbocycles. The standard InChI is InChI=1S/C40H35N/c1-32-29-33(2)31-40(30-32)41(38-25-21-36(22-26-38)19-11-9-17-34-13-5-3-6-14-34)39-27-23-37(24-28-39)20-12-10-18-35-15-7-4-8-16-35/h3-31H,1-2H3/b17-9+,18-10+,19-11+,20-12+. The molecule has 0 aromatic heterocycles. The number of benzene rings is 5. The van der Waals surface area contributed by atoms with E-state index in [1.54, 1.807) is 0 Å². The summed E-state index contributed by atoms with van der Waals surface area (Å²) in [7, 11) is 0. The Hall–Kier alpha value is -5.14. The first kappa shape index (κ1) is 27.4. The van der Waals surface area contributed by atoms with Gasteiger partial charge in [0.25, 0.3) is 0 Å². The van der Waals surface area contributed by atoms with Crippen LogP contribution in [0, 0.1) is 13.8 Å². The molecule has 5 aromatic rings. The van der Waals surface area contributed by atoms with Crippen LogP contribution in [0.15, 0.2) is 152 Å². The highest BCUT2D eigenvalue weighted by molar-refractivity contribution is 5.78. The van der Waals surface area contributed by atoms with Gasteiger partial charge in [-0.15, -0.1) is 0 Å². The van der Waals surface area contributed by atoms with Crippen LogP contribution in [0.5, 0.6) is 0 Å². The van der Waals surface area contributed by atoms with E-state index in [1.165, 1.54) is 22.3 Å². The van der Waals surface area contributed by atoms with Crippen LogP contribution in [0.3, 0.4) is 0 Å². The lowest BCUT2D eigenvalue weighted by Gasteiger charge is -2.26. The fourth-order valence-corrected chi connectivity index (χ4v) is 4.79. The number of rotatable bonds is 9. The summed E-state index contributed by atoms with van der Waals surface area (Å²) in [6.45, 7) is 4.31. The van der Waals surface area contributed by atoms with Gasteiger partial charge in [0.2, 0.25) is 0 Å². The Morgan fingerprint density at radius 2 is 0.707 bits per heavy atom. The number of allylic oxidation sites excluding steroid dienone is 4. The van der Waals surface area contributed by atoms with Crippen LogP contribution in [0.25, 0.3) is 24.3 Å². The zero-order valence-corrected chi connectivity index (χ0v) is 23.7. The van der Waals surface area contributed by atoms with E-state index in [-0.39, 0.29) is 0 Å². The molecule has 0 aliphatic rings. The number of hydrogen-bond donors (Lipinski definition) is 0. The molecule has 0 N–H and O–H groups in total. The van der Waals surface area contributed by atoms with Crippen molar-refractivity contribution in [1.82, 2.24) is 0 Å². The minimum atomic E-state index is 1.13. The maximum Gasteiger partial charge on any atom is 0.0466 e. The van der Waals surface area contributed by atoms with E-state index in [9.17, 15) is 0 Å². The van der Waals surface area contributed by atoms with Crippen LogP contribution in [-0.2, 0) is 0 Å². The molecular formula is C40H35N. The maximum atomic E-state index is 2.32. The Bertz CT molecular complexity index is 1530. The molecule has 200 valence electrons. The van der Waals surface area contributed by atoms with Crippen molar-refractivity contribution in [2.45, 2.75) is 13.8 Å². The Morgan fingerprint density at radius 1 is 0.366 bits per heavy atom. The van der Waals surface area contributed by atoms with E-state index in [4.69, 9.17) is 0 Å². The second-order valence-corrected chi connectivity index (χ2v) is 10.1. The summed E-state index contributed by atoms with van der Waals surface area (Å²) < 4.78 is 0. The molecule has 0 radical (unpaired) electrons. The highest BCUT2D eigenvalue weighted by Crippen LogP contribution is 2.36. The maximum absolute atomic E-state index is 2.32. The van der Waals surface area contributed by atoms with Crippen LogP contribution in [-0.4, -0.2) is 0 Å². The van der Waals surface area contributed by atoms with Gasteiger partial charge in [0.05, 0.1) is 0 Å². The predicted octanol–water partition coefficient (Wildman–Crippen LogP) is 11.2. The van der Waals surface area contributed by atoms with Crippen molar-refractivity contribution in [2.75, 3.05) is 4.90 Å². The van der Waals surface area contributed by atoms with Crippen molar-refractivity contribution in [3.63, 3.8) is 0 Å².